The number of nitrogens with zero attached hydrogens (tertiary/aromatic N) is 3. The van der Waals surface area contributed by atoms with Crippen LogP contribution in [0.3, 0.4) is 0 Å². The van der Waals surface area contributed by atoms with Gasteiger partial charge in [0.15, 0.2) is 5.78 Å². The van der Waals surface area contributed by atoms with Crippen molar-refractivity contribution < 1.29 is 14.4 Å². The van der Waals surface area contributed by atoms with Gasteiger partial charge in [0.25, 0.3) is 11.8 Å². The third-order valence-electron chi connectivity index (χ3n) is 6.30. The van der Waals surface area contributed by atoms with Crippen molar-refractivity contribution in [2.75, 3.05) is 5.32 Å². The van der Waals surface area contributed by atoms with Crippen molar-refractivity contribution in [3.63, 3.8) is 0 Å². The van der Waals surface area contributed by atoms with E-state index in [0.29, 0.717) is 28.9 Å². The Kier molecular flexibility index (Phi) is 7.18. The van der Waals surface area contributed by atoms with Crippen LogP contribution in [0, 0.1) is 0 Å². The Morgan fingerprint density at radius 1 is 0.973 bits per heavy atom. The van der Waals surface area contributed by atoms with E-state index >= 15 is 0 Å². The zero-order valence-corrected chi connectivity index (χ0v) is 21.4. The van der Waals surface area contributed by atoms with Crippen molar-refractivity contribution in [1.82, 2.24) is 14.9 Å². The number of anilines is 1. The Balaban J connectivity index is 1.42. The Bertz CT molecular complexity index is 1440. The highest BCUT2D eigenvalue weighted by Gasteiger charge is 2.35. The molecule has 0 aliphatic carbocycles. The number of ketones is 1. The van der Waals surface area contributed by atoms with Gasteiger partial charge in [0.2, 0.25) is 0 Å². The number of rotatable bonds is 6. The standard InChI is InChI=1S/C29H23BrN4O3/c30-23-10-11-24-22(15-23)16-26(35)25(14-20-4-3-12-31-17-20)34(29(24)37)18-19-6-8-21(9-7-19)28(36)33-27-5-1-2-13-32-27/h1-13,15,17,25H,14,16,18H2,(H,32,33,36)/t25-/m1/s1. The highest BCUT2D eigenvalue weighted by Crippen LogP contribution is 2.27. The average Bonchev–Trinajstić information content (AvgIpc) is 3.00. The van der Waals surface area contributed by atoms with Gasteiger partial charge >= 0.3 is 0 Å². The molecular formula is C29H23BrN4O3. The molecule has 0 radical (unpaired) electrons. The van der Waals surface area contributed by atoms with Crippen LogP contribution in [0.2, 0.25) is 0 Å². The fourth-order valence-corrected chi connectivity index (χ4v) is 4.83. The number of benzene rings is 2. The molecule has 0 unspecified atom stereocenters. The van der Waals surface area contributed by atoms with E-state index < -0.39 is 6.04 Å². The highest BCUT2D eigenvalue weighted by molar-refractivity contribution is 9.10. The van der Waals surface area contributed by atoms with Gasteiger partial charge in [0, 0.05) is 53.6 Å². The maximum Gasteiger partial charge on any atom is 0.256 e. The maximum absolute atomic E-state index is 13.7. The minimum Gasteiger partial charge on any atom is -0.324 e. The quantitative estimate of drug-likeness (QED) is 0.367. The lowest BCUT2D eigenvalue weighted by atomic mass is 9.98. The van der Waals surface area contributed by atoms with E-state index in [1.165, 1.54) is 0 Å². The van der Waals surface area contributed by atoms with Gasteiger partial charge in [-0.1, -0.05) is 40.2 Å². The molecular weight excluding hydrogens is 532 g/mol. The molecule has 0 spiro atoms. The lowest BCUT2D eigenvalue weighted by Crippen LogP contribution is -2.44. The molecule has 3 heterocycles. The van der Waals surface area contributed by atoms with Gasteiger partial charge in [-0.3, -0.25) is 19.4 Å². The first-order chi connectivity index (χ1) is 18.0. The molecule has 184 valence electrons. The van der Waals surface area contributed by atoms with Crippen LogP contribution in [-0.4, -0.2) is 38.5 Å². The number of halogens is 1. The van der Waals surface area contributed by atoms with Crippen molar-refractivity contribution in [3.05, 3.63) is 124 Å². The Morgan fingerprint density at radius 2 is 1.81 bits per heavy atom. The lowest BCUT2D eigenvalue weighted by molar-refractivity contribution is -0.122. The molecule has 2 amide bonds. The van der Waals surface area contributed by atoms with Gasteiger partial charge in [-0.2, -0.15) is 0 Å². The fraction of sp³-hybridized carbons (Fsp3) is 0.138. The fourth-order valence-electron chi connectivity index (χ4n) is 4.42. The summed E-state index contributed by atoms with van der Waals surface area (Å²) in [7, 11) is 0. The summed E-state index contributed by atoms with van der Waals surface area (Å²) in [5.41, 5.74) is 3.40. The molecule has 4 aromatic rings. The summed E-state index contributed by atoms with van der Waals surface area (Å²) in [6.45, 7) is 0.229. The summed E-state index contributed by atoms with van der Waals surface area (Å²) >= 11 is 3.45. The topological polar surface area (TPSA) is 92.3 Å². The van der Waals surface area contributed by atoms with Gasteiger partial charge in [-0.25, -0.2) is 4.98 Å². The summed E-state index contributed by atoms with van der Waals surface area (Å²) < 4.78 is 0.823. The largest absolute Gasteiger partial charge is 0.324 e. The van der Waals surface area contributed by atoms with Crippen LogP contribution in [0.4, 0.5) is 5.82 Å². The first-order valence-corrected chi connectivity index (χ1v) is 12.6. The monoisotopic (exact) mass is 554 g/mol. The van der Waals surface area contributed by atoms with E-state index in [1.807, 2.05) is 24.3 Å². The zero-order chi connectivity index (χ0) is 25.8. The molecule has 0 saturated heterocycles. The van der Waals surface area contributed by atoms with Gasteiger partial charge in [0.05, 0.1) is 6.04 Å². The van der Waals surface area contributed by atoms with E-state index in [4.69, 9.17) is 0 Å². The second kappa shape index (κ2) is 10.8. The Labute approximate surface area is 222 Å². The first-order valence-electron chi connectivity index (χ1n) is 11.8. The van der Waals surface area contributed by atoms with Crippen LogP contribution in [0.1, 0.15) is 37.4 Å². The molecule has 1 N–H and O–H groups in total. The van der Waals surface area contributed by atoms with Crippen LogP contribution in [0.5, 0.6) is 0 Å². The smallest absolute Gasteiger partial charge is 0.256 e. The average molecular weight is 555 g/mol. The summed E-state index contributed by atoms with van der Waals surface area (Å²) in [6, 6.07) is 20.8. The zero-order valence-electron chi connectivity index (χ0n) is 19.8. The number of amides is 2. The van der Waals surface area contributed by atoms with E-state index in [-0.39, 0.29) is 30.6 Å². The number of fused-ring (bicyclic) bond motifs is 1. The van der Waals surface area contributed by atoms with Crippen molar-refractivity contribution in [1.29, 1.82) is 0 Å². The van der Waals surface area contributed by atoms with Crippen molar-refractivity contribution >= 4 is 39.3 Å². The molecule has 0 bridgehead atoms. The number of Topliss-reactive ketones (excluding diaryl/α,β-unsaturated/α-hetero) is 1. The molecule has 0 fully saturated rings. The number of nitrogens with one attached hydrogen (secondary N) is 1. The van der Waals surface area contributed by atoms with E-state index in [1.54, 1.807) is 72.0 Å². The van der Waals surface area contributed by atoms with Crippen molar-refractivity contribution in [2.24, 2.45) is 0 Å². The van der Waals surface area contributed by atoms with Crippen LogP contribution >= 0.6 is 15.9 Å². The van der Waals surface area contributed by atoms with Crippen LogP contribution in [0.25, 0.3) is 0 Å². The molecule has 2 aromatic heterocycles. The molecule has 8 heteroatoms. The number of carbonyl (C=O) groups is 3. The van der Waals surface area contributed by atoms with E-state index in [9.17, 15) is 14.4 Å². The molecule has 2 aromatic carbocycles. The van der Waals surface area contributed by atoms with Crippen molar-refractivity contribution in [2.45, 2.75) is 25.4 Å². The Morgan fingerprint density at radius 3 is 2.54 bits per heavy atom. The summed E-state index contributed by atoms with van der Waals surface area (Å²) in [5.74, 6) is -0.0337. The van der Waals surface area contributed by atoms with Gasteiger partial charge in [-0.05, 0) is 65.2 Å². The third kappa shape index (κ3) is 5.65. The number of hydrogen-bond acceptors (Lipinski definition) is 5. The maximum atomic E-state index is 13.7. The predicted octanol–water partition coefficient (Wildman–Crippen LogP) is 4.87. The molecule has 0 saturated carbocycles. The van der Waals surface area contributed by atoms with E-state index in [2.05, 4.69) is 31.2 Å². The molecule has 1 aliphatic heterocycles. The molecule has 1 atom stereocenters. The Hall–Kier alpha value is -4.17. The van der Waals surface area contributed by atoms with Gasteiger partial charge in [0.1, 0.15) is 5.82 Å². The predicted molar refractivity (Wildman–Crippen MR) is 143 cm³/mol. The summed E-state index contributed by atoms with van der Waals surface area (Å²) in [6.07, 6.45) is 5.56. The molecule has 37 heavy (non-hydrogen) atoms. The lowest BCUT2D eigenvalue weighted by Gasteiger charge is -2.29. The van der Waals surface area contributed by atoms with E-state index in [0.717, 1.165) is 15.6 Å². The first kappa shape index (κ1) is 24.5. The SMILES string of the molecule is O=C(Nc1ccccn1)c1ccc(CN2C(=O)c3ccc(Br)cc3CC(=O)[C@H]2Cc2cccnc2)cc1. The summed E-state index contributed by atoms with van der Waals surface area (Å²) in [5, 5.41) is 2.76. The van der Waals surface area contributed by atoms with Crippen LogP contribution < -0.4 is 5.32 Å². The van der Waals surface area contributed by atoms with Gasteiger partial charge < -0.3 is 10.2 Å². The van der Waals surface area contributed by atoms with Gasteiger partial charge in [-0.15, -0.1) is 0 Å². The second-order valence-electron chi connectivity index (χ2n) is 8.82. The number of carbonyl (C=O) groups excluding carboxylic acids is 3. The minimum atomic E-state index is -0.644. The second-order valence-corrected chi connectivity index (χ2v) is 9.74. The molecule has 7 nitrogen and oxygen atoms in total. The highest BCUT2D eigenvalue weighted by atomic mass is 79.9. The number of pyridine rings is 2. The molecule has 1 aliphatic rings. The van der Waals surface area contributed by atoms with Crippen LogP contribution in [0.15, 0.2) is 95.9 Å². The van der Waals surface area contributed by atoms with Crippen LogP contribution in [-0.2, 0) is 24.2 Å². The third-order valence-corrected chi connectivity index (χ3v) is 6.79. The number of aromatic nitrogens is 2. The molecule has 5 rings (SSSR count). The normalized spacial score (nSPS) is 15.2. The van der Waals surface area contributed by atoms with Crippen molar-refractivity contribution in [3.8, 4) is 0 Å². The number of hydrogen-bond donors (Lipinski definition) is 1. The minimum absolute atomic E-state index is 0.0274. The summed E-state index contributed by atoms with van der Waals surface area (Å²) in [4.78, 5) is 49.7.